The van der Waals surface area contributed by atoms with Gasteiger partial charge in [-0.05, 0) is 31.6 Å². The summed E-state index contributed by atoms with van der Waals surface area (Å²) in [6.07, 6.45) is 5.21. The van der Waals surface area contributed by atoms with Gasteiger partial charge in [0, 0.05) is 7.11 Å². The molecule has 1 aliphatic carbocycles. The van der Waals surface area contributed by atoms with Crippen molar-refractivity contribution in [2.75, 3.05) is 7.11 Å². The summed E-state index contributed by atoms with van der Waals surface area (Å²) in [5.41, 5.74) is -0.200. The fourth-order valence-electron chi connectivity index (χ4n) is 2.28. The smallest absolute Gasteiger partial charge is 0.0939 e. The van der Waals surface area contributed by atoms with E-state index in [0.29, 0.717) is 5.92 Å². The molecule has 2 atom stereocenters. The molecule has 0 amide bonds. The first-order valence-electron chi connectivity index (χ1n) is 5.39. The second-order valence-corrected chi connectivity index (χ2v) is 4.33. The largest absolute Gasteiger partial charge is 0.390 e. The van der Waals surface area contributed by atoms with Crippen LogP contribution in [0.5, 0.6) is 0 Å². The van der Waals surface area contributed by atoms with Crippen LogP contribution < -0.4 is 0 Å². The maximum atomic E-state index is 10.1. The predicted octanol–water partition coefficient (Wildman–Crippen LogP) is 2.35. The Morgan fingerprint density at radius 2 is 2.08 bits per heavy atom. The van der Waals surface area contributed by atoms with Crippen molar-refractivity contribution in [2.24, 2.45) is 5.92 Å². The lowest BCUT2D eigenvalue weighted by atomic mass is 9.71. The maximum Gasteiger partial charge on any atom is 0.0939 e. The van der Waals surface area contributed by atoms with Crippen LogP contribution in [0.25, 0.3) is 0 Å². The minimum absolute atomic E-state index is 0.200. The minimum atomic E-state index is -0.272. The van der Waals surface area contributed by atoms with Crippen molar-refractivity contribution < 1.29 is 9.84 Å². The molecule has 0 aromatic rings. The molecule has 0 bridgehead atoms. The van der Waals surface area contributed by atoms with Crippen LogP contribution in [0.1, 0.15) is 46.0 Å². The average Bonchev–Trinajstić information content (AvgIpc) is 2.03. The van der Waals surface area contributed by atoms with E-state index in [2.05, 4.69) is 13.8 Å². The van der Waals surface area contributed by atoms with Crippen molar-refractivity contribution in [2.45, 2.75) is 57.7 Å². The minimum Gasteiger partial charge on any atom is -0.390 e. The second kappa shape index (κ2) is 4.43. The normalized spacial score (nSPS) is 24.9. The zero-order valence-electron chi connectivity index (χ0n) is 9.05. The topological polar surface area (TPSA) is 29.5 Å². The van der Waals surface area contributed by atoms with E-state index < -0.39 is 0 Å². The maximum absolute atomic E-state index is 10.1. The lowest BCUT2D eigenvalue weighted by Gasteiger charge is -2.46. The van der Waals surface area contributed by atoms with Gasteiger partial charge in [-0.15, -0.1) is 0 Å². The third kappa shape index (κ3) is 2.05. The van der Waals surface area contributed by atoms with Crippen LogP contribution in [0.3, 0.4) is 0 Å². The van der Waals surface area contributed by atoms with Crippen molar-refractivity contribution in [3.05, 3.63) is 0 Å². The van der Waals surface area contributed by atoms with Crippen molar-refractivity contribution >= 4 is 0 Å². The summed E-state index contributed by atoms with van der Waals surface area (Å²) in [4.78, 5) is 0. The van der Waals surface area contributed by atoms with Crippen LogP contribution >= 0.6 is 0 Å². The molecule has 13 heavy (non-hydrogen) atoms. The Kier molecular flexibility index (Phi) is 3.74. The van der Waals surface area contributed by atoms with E-state index in [1.807, 2.05) is 0 Å². The number of methoxy groups -OCH3 is 1. The van der Waals surface area contributed by atoms with Gasteiger partial charge in [0.05, 0.1) is 11.7 Å². The van der Waals surface area contributed by atoms with Gasteiger partial charge in [0.25, 0.3) is 0 Å². The highest BCUT2D eigenvalue weighted by Crippen LogP contribution is 2.41. The number of hydrogen-bond donors (Lipinski definition) is 1. The van der Waals surface area contributed by atoms with Gasteiger partial charge in [-0.25, -0.2) is 0 Å². The van der Waals surface area contributed by atoms with Crippen LogP contribution in [0.4, 0.5) is 0 Å². The van der Waals surface area contributed by atoms with Crippen molar-refractivity contribution in [1.29, 1.82) is 0 Å². The number of aliphatic hydroxyl groups excluding tert-OH is 1. The summed E-state index contributed by atoms with van der Waals surface area (Å²) in [6.45, 7) is 4.27. The van der Waals surface area contributed by atoms with Gasteiger partial charge in [-0.1, -0.05) is 20.3 Å². The highest BCUT2D eigenvalue weighted by atomic mass is 16.5. The van der Waals surface area contributed by atoms with E-state index in [1.54, 1.807) is 7.11 Å². The third-order valence-corrected chi connectivity index (χ3v) is 3.43. The van der Waals surface area contributed by atoms with Gasteiger partial charge in [0.15, 0.2) is 0 Å². The second-order valence-electron chi connectivity index (χ2n) is 4.33. The summed E-state index contributed by atoms with van der Waals surface area (Å²) in [5.74, 6) is 0.366. The van der Waals surface area contributed by atoms with E-state index in [9.17, 15) is 5.11 Å². The zero-order valence-corrected chi connectivity index (χ0v) is 9.05. The Labute approximate surface area is 81.3 Å². The lowest BCUT2D eigenvalue weighted by molar-refractivity contribution is -0.165. The first-order valence-corrected chi connectivity index (χ1v) is 5.39. The summed E-state index contributed by atoms with van der Waals surface area (Å²) < 4.78 is 5.45. The fraction of sp³-hybridized carbons (Fsp3) is 1.00. The standard InChI is InChI=1S/C11H22O2/c1-4-6-9(2)10(12)11(13-3)7-5-8-11/h9-10,12H,4-8H2,1-3H3. The van der Waals surface area contributed by atoms with Gasteiger partial charge < -0.3 is 9.84 Å². The monoisotopic (exact) mass is 186 g/mol. The average molecular weight is 186 g/mol. The number of hydrogen-bond acceptors (Lipinski definition) is 2. The van der Waals surface area contributed by atoms with Crippen LogP contribution in [0.15, 0.2) is 0 Å². The van der Waals surface area contributed by atoms with Crippen molar-refractivity contribution in [1.82, 2.24) is 0 Å². The van der Waals surface area contributed by atoms with Gasteiger partial charge in [0.2, 0.25) is 0 Å². The molecule has 1 aliphatic rings. The molecule has 0 spiro atoms. The van der Waals surface area contributed by atoms with Crippen LogP contribution in [0, 0.1) is 5.92 Å². The first-order chi connectivity index (χ1) is 6.16. The lowest BCUT2D eigenvalue weighted by Crippen LogP contribution is -2.52. The molecule has 1 N–H and O–H groups in total. The summed E-state index contributed by atoms with van der Waals surface area (Å²) >= 11 is 0. The summed E-state index contributed by atoms with van der Waals surface area (Å²) in [6, 6.07) is 0. The summed E-state index contributed by atoms with van der Waals surface area (Å²) in [7, 11) is 1.72. The van der Waals surface area contributed by atoms with E-state index >= 15 is 0 Å². The molecule has 0 radical (unpaired) electrons. The Morgan fingerprint density at radius 1 is 1.46 bits per heavy atom. The molecular weight excluding hydrogens is 164 g/mol. The molecule has 2 unspecified atom stereocenters. The van der Waals surface area contributed by atoms with Crippen LogP contribution in [-0.2, 0) is 4.74 Å². The molecule has 0 saturated heterocycles. The van der Waals surface area contributed by atoms with Crippen LogP contribution in [0.2, 0.25) is 0 Å². The van der Waals surface area contributed by atoms with Gasteiger partial charge in [-0.3, -0.25) is 0 Å². The molecule has 0 aromatic heterocycles. The first kappa shape index (κ1) is 11.0. The molecule has 1 rings (SSSR count). The number of aliphatic hydroxyl groups is 1. The SMILES string of the molecule is CCCC(C)C(O)C1(OC)CCC1. The van der Waals surface area contributed by atoms with Gasteiger partial charge in [0.1, 0.15) is 0 Å². The van der Waals surface area contributed by atoms with E-state index in [4.69, 9.17) is 4.74 Å². The van der Waals surface area contributed by atoms with E-state index in [-0.39, 0.29) is 11.7 Å². The number of rotatable bonds is 5. The third-order valence-electron chi connectivity index (χ3n) is 3.43. The molecule has 0 aromatic carbocycles. The molecule has 1 fully saturated rings. The van der Waals surface area contributed by atoms with Crippen LogP contribution in [-0.4, -0.2) is 23.9 Å². The van der Waals surface area contributed by atoms with Crippen molar-refractivity contribution in [3.8, 4) is 0 Å². The molecule has 2 nitrogen and oxygen atoms in total. The van der Waals surface area contributed by atoms with E-state index in [0.717, 1.165) is 25.7 Å². The van der Waals surface area contributed by atoms with Gasteiger partial charge >= 0.3 is 0 Å². The molecule has 0 aliphatic heterocycles. The Morgan fingerprint density at radius 3 is 2.38 bits per heavy atom. The highest BCUT2D eigenvalue weighted by Gasteiger charge is 2.45. The highest BCUT2D eigenvalue weighted by molar-refractivity contribution is 4.97. The number of ether oxygens (including phenoxy) is 1. The predicted molar refractivity (Wildman–Crippen MR) is 53.7 cm³/mol. The fourth-order valence-corrected chi connectivity index (χ4v) is 2.28. The molecule has 2 heteroatoms. The molecule has 1 saturated carbocycles. The molecule has 78 valence electrons. The molecular formula is C11H22O2. The Balaban J connectivity index is 2.48. The zero-order chi connectivity index (χ0) is 9.90. The Hall–Kier alpha value is -0.0800. The van der Waals surface area contributed by atoms with E-state index in [1.165, 1.54) is 6.42 Å². The Bertz CT molecular complexity index is 147. The van der Waals surface area contributed by atoms with Gasteiger partial charge in [-0.2, -0.15) is 0 Å². The summed E-state index contributed by atoms with van der Waals surface area (Å²) in [5, 5.41) is 10.1. The van der Waals surface area contributed by atoms with Crippen molar-refractivity contribution in [3.63, 3.8) is 0 Å². The quantitative estimate of drug-likeness (QED) is 0.714. The molecule has 0 heterocycles.